The van der Waals surface area contributed by atoms with Gasteiger partial charge in [0.2, 0.25) is 11.8 Å². The topological polar surface area (TPSA) is 88.0 Å². The Morgan fingerprint density at radius 1 is 0.842 bits per heavy atom. The monoisotopic (exact) mass is 839 g/mol. The fraction of sp³-hybridized carbons (Fsp3) is 0.511. The molecule has 4 aromatic rings. The van der Waals surface area contributed by atoms with Gasteiger partial charge in [-0.25, -0.2) is 13.7 Å². The average molecular weight is 841 g/mol. The van der Waals surface area contributed by atoms with Crippen LogP contribution < -0.4 is 15.4 Å². The number of aromatic nitrogens is 2. The quantitative estimate of drug-likeness (QED) is 0.187. The van der Waals surface area contributed by atoms with E-state index in [1.54, 1.807) is 0 Å². The zero-order valence-corrected chi connectivity index (χ0v) is 33.8. The van der Waals surface area contributed by atoms with Crippen molar-refractivity contribution in [2.24, 2.45) is 5.92 Å². The largest absolute Gasteiger partial charge is 0.375 e. The highest BCUT2D eigenvalue weighted by atomic mass is 79.9. The second-order valence-corrected chi connectivity index (χ2v) is 18.3. The minimum absolute atomic E-state index is 0.103. The van der Waals surface area contributed by atoms with Crippen LogP contribution in [0.3, 0.4) is 0 Å². The smallest absolute Gasteiger partial charge is 0.281 e. The number of carbonyl (C=O) groups is 2. The summed E-state index contributed by atoms with van der Waals surface area (Å²) in [5.74, 6) is -1.08. The van der Waals surface area contributed by atoms with Crippen molar-refractivity contribution < 1.29 is 23.1 Å². The fourth-order valence-electron chi connectivity index (χ4n) is 11.3. The third-order valence-electron chi connectivity index (χ3n) is 14.2. The molecule has 5 aliphatic heterocycles. The Labute approximate surface area is 339 Å². The van der Waals surface area contributed by atoms with Gasteiger partial charge >= 0.3 is 0 Å². The zero-order chi connectivity index (χ0) is 39.1. The van der Waals surface area contributed by atoms with Gasteiger partial charge in [-0.1, -0.05) is 37.5 Å². The summed E-state index contributed by atoms with van der Waals surface area (Å²) in [5.41, 5.74) is 4.10. The van der Waals surface area contributed by atoms with Crippen molar-refractivity contribution in [1.82, 2.24) is 14.5 Å². The molecule has 0 bridgehead atoms. The van der Waals surface area contributed by atoms with E-state index in [0.29, 0.717) is 47.3 Å². The summed E-state index contributed by atoms with van der Waals surface area (Å²) in [5, 5.41) is 0.643. The van der Waals surface area contributed by atoms with Crippen molar-refractivity contribution in [3.63, 3.8) is 0 Å². The molecule has 2 spiro atoms. The molecule has 6 heterocycles. The molecular weight excluding hydrogens is 792 g/mol. The number of nitrogens with zero attached hydrogens (tertiary/aromatic N) is 5. The van der Waals surface area contributed by atoms with E-state index in [9.17, 15) is 14.4 Å². The van der Waals surface area contributed by atoms with E-state index in [2.05, 4.69) is 49.7 Å². The molecule has 57 heavy (non-hydrogen) atoms. The molecule has 4 saturated heterocycles. The SMILES string of the molecule is O=C1CCCC(=O)N1c1c(F)cc(N2CCC3(CC2)CC(CN2CCC(c4ccc5c(c4)-n4c(nc(=O)c6c(Br)cccc64)C54CCCCC4)CC2)CO3)cc1F. The molecule has 2 amide bonds. The molecule has 1 saturated carbocycles. The van der Waals surface area contributed by atoms with Gasteiger partial charge in [-0.05, 0) is 134 Å². The lowest BCUT2D eigenvalue weighted by Crippen LogP contribution is -2.45. The molecule has 3 aromatic carbocycles. The number of anilines is 2. The Kier molecular flexibility index (Phi) is 9.40. The number of piperidine rings is 3. The summed E-state index contributed by atoms with van der Waals surface area (Å²) in [4.78, 5) is 48.2. The van der Waals surface area contributed by atoms with Crippen LogP contribution in [-0.4, -0.2) is 71.2 Å². The van der Waals surface area contributed by atoms with E-state index in [0.717, 1.165) is 99.8 Å². The average Bonchev–Trinajstić information content (AvgIpc) is 3.71. The highest BCUT2D eigenvalue weighted by molar-refractivity contribution is 9.10. The van der Waals surface area contributed by atoms with Crippen LogP contribution in [0.15, 0.2) is 57.8 Å². The lowest BCUT2D eigenvalue weighted by Gasteiger charge is -2.40. The minimum Gasteiger partial charge on any atom is -0.375 e. The minimum atomic E-state index is -0.888. The summed E-state index contributed by atoms with van der Waals surface area (Å²) in [6.07, 6.45) is 10.9. The summed E-state index contributed by atoms with van der Waals surface area (Å²) < 4.78 is 40.2. The van der Waals surface area contributed by atoms with E-state index in [4.69, 9.17) is 9.72 Å². The lowest BCUT2D eigenvalue weighted by molar-refractivity contribution is -0.129. The van der Waals surface area contributed by atoms with Crippen LogP contribution in [0.2, 0.25) is 0 Å². The summed E-state index contributed by atoms with van der Waals surface area (Å²) in [6.45, 7) is 5.02. The van der Waals surface area contributed by atoms with Crippen molar-refractivity contribution in [1.29, 1.82) is 0 Å². The van der Waals surface area contributed by atoms with Crippen molar-refractivity contribution >= 4 is 50.0 Å². The number of hydrogen-bond acceptors (Lipinski definition) is 7. The first-order chi connectivity index (χ1) is 27.6. The number of carbonyl (C=O) groups excluding carboxylic acids is 2. The van der Waals surface area contributed by atoms with Gasteiger partial charge in [0.1, 0.15) is 11.5 Å². The number of hydrogen-bond donors (Lipinski definition) is 0. The Bertz CT molecular complexity index is 2310. The number of fused-ring (bicyclic) bond motifs is 7. The van der Waals surface area contributed by atoms with Crippen LogP contribution in [0.1, 0.15) is 106 Å². The maximum atomic E-state index is 15.3. The third kappa shape index (κ3) is 6.27. The van der Waals surface area contributed by atoms with Crippen LogP contribution in [0.4, 0.5) is 20.2 Å². The third-order valence-corrected chi connectivity index (χ3v) is 14.8. The standard InChI is InChI=1S/C45H48BrF2N5O4/c46-33-6-4-7-36-40(33)42(56)49-43-45(14-2-1-3-15-45)32-11-10-30(22-37(32)52(36)43)29-12-18-50(19-13-29)26-28-25-44(57-27-28)16-20-51(21-17-44)31-23-34(47)41(35(48)24-31)53-38(54)8-5-9-39(53)55/h4,6-7,10-11,22-24,28-29H,1-3,5,8-9,12-21,25-27H2. The van der Waals surface area contributed by atoms with Gasteiger partial charge in [-0.3, -0.25) is 19.0 Å². The number of rotatable bonds is 5. The highest BCUT2D eigenvalue weighted by Crippen LogP contribution is 2.52. The number of halogens is 3. The predicted molar refractivity (Wildman–Crippen MR) is 218 cm³/mol. The van der Waals surface area contributed by atoms with Crippen molar-refractivity contribution in [3.05, 3.63) is 91.9 Å². The molecule has 1 aromatic heterocycles. The molecule has 10 rings (SSSR count). The first-order valence-corrected chi connectivity index (χ1v) is 21.8. The molecule has 298 valence electrons. The fourth-order valence-corrected chi connectivity index (χ4v) is 11.8. The molecule has 1 unspecified atom stereocenters. The Morgan fingerprint density at radius 3 is 2.28 bits per heavy atom. The highest BCUT2D eigenvalue weighted by Gasteiger charge is 2.47. The number of benzene rings is 3. The van der Waals surface area contributed by atoms with E-state index >= 15 is 8.78 Å². The number of imide groups is 1. The lowest BCUT2D eigenvalue weighted by atomic mass is 9.69. The summed E-state index contributed by atoms with van der Waals surface area (Å²) >= 11 is 3.64. The molecule has 1 atom stereocenters. The van der Waals surface area contributed by atoms with Crippen molar-refractivity contribution in [2.45, 2.75) is 100 Å². The first-order valence-electron chi connectivity index (χ1n) is 21.0. The summed E-state index contributed by atoms with van der Waals surface area (Å²) in [7, 11) is 0. The van der Waals surface area contributed by atoms with Crippen LogP contribution in [-0.2, 0) is 19.7 Å². The Balaban J connectivity index is 0.783. The maximum Gasteiger partial charge on any atom is 0.281 e. The Morgan fingerprint density at radius 2 is 1.56 bits per heavy atom. The molecule has 6 aliphatic rings. The molecule has 12 heteroatoms. The van der Waals surface area contributed by atoms with Crippen molar-refractivity contribution in [2.75, 3.05) is 49.1 Å². The molecule has 9 nitrogen and oxygen atoms in total. The number of likely N-dealkylation sites (tertiary alicyclic amines) is 1. The summed E-state index contributed by atoms with van der Waals surface area (Å²) in [6, 6.07) is 15.6. The second kappa shape index (κ2) is 14.4. The van der Waals surface area contributed by atoms with Gasteiger partial charge in [0.05, 0.1) is 34.2 Å². The van der Waals surface area contributed by atoms with Gasteiger partial charge < -0.3 is 14.5 Å². The first kappa shape index (κ1) is 37.3. The van der Waals surface area contributed by atoms with Crippen molar-refractivity contribution in [3.8, 4) is 5.69 Å². The van der Waals surface area contributed by atoms with Gasteiger partial charge in [0, 0.05) is 42.6 Å². The van der Waals surface area contributed by atoms with Gasteiger partial charge in [0.15, 0.2) is 11.6 Å². The van der Waals surface area contributed by atoms with Crippen LogP contribution in [0.25, 0.3) is 16.6 Å². The molecule has 1 aliphatic carbocycles. The van der Waals surface area contributed by atoms with Crippen LogP contribution in [0, 0.1) is 17.6 Å². The predicted octanol–water partition coefficient (Wildman–Crippen LogP) is 8.29. The molecule has 0 radical (unpaired) electrons. The van der Waals surface area contributed by atoms with E-state index in [1.165, 1.54) is 35.4 Å². The van der Waals surface area contributed by atoms with Crippen LogP contribution in [0.5, 0.6) is 0 Å². The molecule has 0 N–H and O–H groups in total. The van der Waals surface area contributed by atoms with Crippen LogP contribution >= 0.6 is 15.9 Å². The molecule has 5 fully saturated rings. The number of ether oxygens (including phenoxy) is 1. The number of amides is 2. The second-order valence-electron chi connectivity index (χ2n) is 17.5. The van der Waals surface area contributed by atoms with E-state index < -0.39 is 29.1 Å². The normalized spacial score (nSPS) is 23.5. The maximum absolute atomic E-state index is 15.3. The molecular formula is C45H48BrF2N5O4. The van der Waals surface area contributed by atoms with Gasteiger partial charge in [-0.2, -0.15) is 4.98 Å². The van der Waals surface area contributed by atoms with Gasteiger partial charge in [0.25, 0.3) is 5.56 Å². The van der Waals surface area contributed by atoms with Gasteiger partial charge in [-0.15, -0.1) is 0 Å². The Hall–Kier alpha value is -4.00. The van der Waals surface area contributed by atoms with E-state index in [-0.39, 0.29) is 29.4 Å². The van der Waals surface area contributed by atoms with E-state index in [1.807, 2.05) is 17.0 Å². The zero-order valence-electron chi connectivity index (χ0n) is 32.2.